The maximum Gasteiger partial charge on any atom is 0.383 e. The van der Waals surface area contributed by atoms with E-state index < -0.39 is 22.9 Å². The first kappa shape index (κ1) is 11.7. The smallest absolute Gasteiger partial charge is 0.358 e. The van der Waals surface area contributed by atoms with Gasteiger partial charge in [0.15, 0.2) is 0 Å². The number of aromatic nitrogens is 1. The van der Waals surface area contributed by atoms with Crippen LogP contribution >= 0.6 is 11.6 Å². The minimum Gasteiger partial charge on any atom is -0.358 e. The molecule has 8 heteroatoms. The van der Waals surface area contributed by atoms with Crippen molar-refractivity contribution in [1.82, 2.24) is 4.98 Å². The lowest BCUT2D eigenvalue weighted by molar-refractivity contribution is -0.389. The van der Waals surface area contributed by atoms with E-state index in [1.54, 1.807) is 0 Å². The Hall–Kier alpha value is -1.34. The van der Waals surface area contributed by atoms with Crippen molar-refractivity contribution in [1.29, 1.82) is 0 Å². The van der Waals surface area contributed by atoms with E-state index in [0.717, 1.165) is 6.07 Å². The van der Waals surface area contributed by atoms with Crippen LogP contribution in [0.25, 0.3) is 0 Å². The van der Waals surface area contributed by atoms with Crippen LogP contribution in [0.1, 0.15) is 17.7 Å². The normalized spacial score (nSPS) is 10.7. The predicted octanol–water partition coefficient (Wildman–Crippen LogP) is 2.04. The van der Waals surface area contributed by atoms with Crippen LogP contribution in [0, 0.1) is 10.1 Å². The second-order valence-corrected chi connectivity index (χ2v) is 2.98. The lowest BCUT2D eigenvalue weighted by atomic mass is 10.2. The number of rotatable bonds is 3. The molecule has 0 spiro atoms. The number of hydrogen-bond donors (Lipinski definition) is 1. The summed E-state index contributed by atoms with van der Waals surface area (Å²) in [5.41, 5.74) is 4.58. The van der Waals surface area contributed by atoms with E-state index in [1.165, 1.54) is 0 Å². The second kappa shape index (κ2) is 4.45. The van der Waals surface area contributed by atoms with Crippen molar-refractivity contribution in [3.05, 3.63) is 32.5 Å². The molecule has 0 saturated heterocycles. The van der Waals surface area contributed by atoms with E-state index >= 15 is 0 Å². The molecule has 1 aromatic heterocycles. The number of nitrogens with zero attached hydrogens (tertiary/aromatic N) is 2. The fourth-order valence-electron chi connectivity index (χ4n) is 0.970. The molecule has 5 nitrogen and oxygen atoms in total. The van der Waals surface area contributed by atoms with E-state index in [9.17, 15) is 18.9 Å². The van der Waals surface area contributed by atoms with Gasteiger partial charge in [0.1, 0.15) is 5.02 Å². The van der Waals surface area contributed by atoms with E-state index in [2.05, 4.69) is 4.98 Å². The van der Waals surface area contributed by atoms with Crippen LogP contribution < -0.4 is 5.73 Å². The molecule has 0 aliphatic heterocycles. The molecule has 0 radical (unpaired) electrons. The molecule has 1 heterocycles. The molecule has 15 heavy (non-hydrogen) atoms. The first-order chi connectivity index (χ1) is 6.97. The van der Waals surface area contributed by atoms with Crippen LogP contribution in [-0.4, -0.2) is 9.91 Å². The van der Waals surface area contributed by atoms with Crippen molar-refractivity contribution in [2.45, 2.75) is 13.0 Å². The minimum absolute atomic E-state index is 0.0775. The van der Waals surface area contributed by atoms with Crippen molar-refractivity contribution < 1.29 is 13.7 Å². The molecule has 0 aliphatic rings. The summed E-state index contributed by atoms with van der Waals surface area (Å²) in [6.07, 6.45) is -2.90. The molecule has 82 valence electrons. The third-order valence-corrected chi connectivity index (χ3v) is 2.06. The van der Waals surface area contributed by atoms with Crippen molar-refractivity contribution in [3.63, 3.8) is 0 Å². The topological polar surface area (TPSA) is 82.0 Å². The average molecular weight is 238 g/mol. The number of pyridine rings is 1. The van der Waals surface area contributed by atoms with E-state index in [1.807, 2.05) is 0 Å². The number of halogens is 3. The molecular weight excluding hydrogens is 232 g/mol. The lowest BCUT2D eigenvalue weighted by Gasteiger charge is -2.03. The zero-order valence-electron chi connectivity index (χ0n) is 7.28. The summed E-state index contributed by atoms with van der Waals surface area (Å²) < 4.78 is 24.6. The van der Waals surface area contributed by atoms with Gasteiger partial charge in [0.25, 0.3) is 0 Å². The third kappa shape index (κ3) is 2.37. The molecule has 0 amide bonds. The summed E-state index contributed by atoms with van der Waals surface area (Å²) in [6.45, 7) is -0.165. The average Bonchev–Trinajstić information content (AvgIpc) is 2.17. The Morgan fingerprint density at radius 3 is 2.67 bits per heavy atom. The van der Waals surface area contributed by atoms with Gasteiger partial charge in [-0.05, 0) is 21.5 Å². The van der Waals surface area contributed by atoms with Gasteiger partial charge < -0.3 is 15.8 Å². The van der Waals surface area contributed by atoms with Gasteiger partial charge >= 0.3 is 12.2 Å². The zero-order chi connectivity index (χ0) is 11.6. The summed E-state index contributed by atoms with van der Waals surface area (Å²) in [5, 5.41) is 10.1. The molecule has 0 aromatic carbocycles. The largest absolute Gasteiger partial charge is 0.383 e. The Balaban J connectivity index is 3.38. The highest BCUT2D eigenvalue weighted by Gasteiger charge is 2.24. The van der Waals surface area contributed by atoms with Gasteiger partial charge in [-0.2, -0.15) is 0 Å². The first-order valence-corrected chi connectivity index (χ1v) is 4.17. The molecule has 2 N–H and O–H groups in total. The number of nitrogens with two attached hydrogens (primary N) is 1. The third-order valence-electron chi connectivity index (χ3n) is 1.65. The standard InChI is InChI=1S/C7H6ClF2N3O2/c8-5-3(2-11)1-4(6(9)10)12-7(5)13(14)15/h1,6H,2,11H2. The van der Waals surface area contributed by atoms with E-state index in [0.29, 0.717) is 0 Å². The molecule has 0 unspecified atom stereocenters. The van der Waals surface area contributed by atoms with Gasteiger partial charge in [-0.15, -0.1) is 0 Å². The molecule has 0 bridgehead atoms. The summed E-state index contributed by atoms with van der Waals surface area (Å²) in [7, 11) is 0. The number of alkyl halides is 2. The molecule has 1 rings (SSSR count). The molecule has 0 fully saturated rings. The Morgan fingerprint density at radius 1 is 1.67 bits per heavy atom. The quantitative estimate of drug-likeness (QED) is 0.644. The Labute approximate surface area is 88.0 Å². The maximum absolute atomic E-state index is 12.3. The van der Waals surface area contributed by atoms with E-state index in [4.69, 9.17) is 17.3 Å². The highest BCUT2D eigenvalue weighted by molar-refractivity contribution is 6.33. The SMILES string of the molecule is NCc1cc(C(F)F)nc([N+](=O)[O-])c1Cl. The highest BCUT2D eigenvalue weighted by Crippen LogP contribution is 2.29. The van der Waals surface area contributed by atoms with Crippen molar-refractivity contribution in [2.24, 2.45) is 5.73 Å². The van der Waals surface area contributed by atoms with Crippen molar-refractivity contribution in [3.8, 4) is 0 Å². The van der Waals surface area contributed by atoms with Crippen LogP contribution in [-0.2, 0) is 6.54 Å². The van der Waals surface area contributed by atoms with Gasteiger partial charge in [-0.3, -0.25) is 0 Å². The monoisotopic (exact) mass is 237 g/mol. The number of nitro groups is 1. The van der Waals surface area contributed by atoms with Crippen LogP contribution in [0.5, 0.6) is 0 Å². The van der Waals surface area contributed by atoms with Crippen molar-refractivity contribution in [2.75, 3.05) is 0 Å². The van der Waals surface area contributed by atoms with Gasteiger partial charge in [0, 0.05) is 6.54 Å². The Bertz CT molecular complexity index is 400. The van der Waals surface area contributed by atoms with Crippen LogP contribution in [0.3, 0.4) is 0 Å². The highest BCUT2D eigenvalue weighted by atomic mass is 35.5. The molecular formula is C7H6ClF2N3O2. The Kier molecular flexibility index (Phi) is 3.48. The van der Waals surface area contributed by atoms with Gasteiger partial charge in [-0.1, -0.05) is 11.6 Å². The molecule has 0 aliphatic carbocycles. The van der Waals surface area contributed by atoms with Crippen LogP contribution in [0.4, 0.5) is 14.6 Å². The Morgan fingerprint density at radius 2 is 2.27 bits per heavy atom. The lowest BCUT2D eigenvalue weighted by Crippen LogP contribution is -2.05. The summed E-state index contributed by atoms with van der Waals surface area (Å²) in [5.74, 6) is -0.796. The summed E-state index contributed by atoms with van der Waals surface area (Å²) in [6, 6.07) is 0.958. The van der Waals surface area contributed by atoms with Gasteiger partial charge in [0.05, 0.1) is 0 Å². The molecule has 0 atom stereocenters. The van der Waals surface area contributed by atoms with Crippen molar-refractivity contribution >= 4 is 17.4 Å². The second-order valence-electron chi connectivity index (χ2n) is 2.61. The van der Waals surface area contributed by atoms with Gasteiger partial charge in [0.2, 0.25) is 5.69 Å². The predicted molar refractivity (Wildman–Crippen MR) is 48.7 cm³/mol. The minimum atomic E-state index is -2.90. The summed E-state index contributed by atoms with van der Waals surface area (Å²) >= 11 is 5.55. The maximum atomic E-state index is 12.3. The summed E-state index contributed by atoms with van der Waals surface area (Å²) in [4.78, 5) is 12.7. The van der Waals surface area contributed by atoms with Crippen LogP contribution in [0.2, 0.25) is 5.02 Å². The molecule has 1 aromatic rings. The van der Waals surface area contributed by atoms with Crippen LogP contribution in [0.15, 0.2) is 6.07 Å². The first-order valence-electron chi connectivity index (χ1n) is 3.79. The fourth-order valence-corrected chi connectivity index (χ4v) is 1.21. The van der Waals surface area contributed by atoms with E-state index in [-0.39, 0.29) is 17.1 Å². The van der Waals surface area contributed by atoms with Gasteiger partial charge in [-0.25, -0.2) is 8.78 Å². The number of hydrogen-bond acceptors (Lipinski definition) is 4. The zero-order valence-corrected chi connectivity index (χ0v) is 8.04. The fraction of sp³-hybridized carbons (Fsp3) is 0.286. The molecule has 0 saturated carbocycles.